The molecular formula is C12H16ClFN2O2S. The molecule has 1 aromatic rings. The van der Waals surface area contributed by atoms with Crippen LogP contribution in [0.3, 0.4) is 0 Å². The van der Waals surface area contributed by atoms with E-state index in [1.54, 1.807) is 0 Å². The fourth-order valence-corrected chi connectivity index (χ4v) is 3.88. The first-order chi connectivity index (χ1) is 8.79. The van der Waals surface area contributed by atoms with Crippen molar-refractivity contribution in [2.45, 2.75) is 17.9 Å². The minimum Gasteiger partial charge on any atom is -0.304 e. The minimum atomic E-state index is -3.67. The van der Waals surface area contributed by atoms with Crippen molar-refractivity contribution in [3.8, 4) is 0 Å². The van der Waals surface area contributed by atoms with E-state index in [0.717, 1.165) is 18.7 Å². The molecule has 0 bridgehead atoms. The molecular weight excluding hydrogens is 291 g/mol. The van der Waals surface area contributed by atoms with Crippen LogP contribution in [0.2, 0.25) is 5.02 Å². The highest BCUT2D eigenvalue weighted by Crippen LogP contribution is 2.21. The number of hydrogen-bond acceptors (Lipinski definition) is 3. The maximum absolute atomic E-state index is 13.1. The Balaban J connectivity index is 2.20. The van der Waals surface area contributed by atoms with Gasteiger partial charge in [-0.2, -0.15) is 0 Å². The summed E-state index contributed by atoms with van der Waals surface area (Å²) < 4.78 is 40.1. The van der Waals surface area contributed by atoms with Crippen LogP contribution < -0.4 is 4.72 Å². The van der Waals surface area contributed by atoms with Crippen molar-refractivity contribution in [3.63, 3.8) is 0 Å². The lowest BCUT2D eigenvalue weighted by Crippen LogP contribution is -2.39. The number of benzene rings is 1. The monoisotopic (exact) mass is 306 g/mol. The van der Waals surface area contributed by atoms with Gasteiger partial charge in [0.1, 0.15) is 5.82 Å². The van der Waals surface area contributed by atoms with Gasteiger partial charge in [0, 0.05) is 19.1 Å². The summed E-state index contributed by atoms with van der Waals surface area (Å²) in [6.07, 6.45) is 0. The van der Waals surface area contributed by atoms with E-state index in [0.29, 0.717) is 6.54 Å². The first kappa shape index (κ1) is 14.7. The van der Waals surface area contributed by atoms with Crippen LogP contribution in [0.4, 0.5) is 4.39 Å². The Labute approximate surface area is 117 Å². The smallest absolute Gasteiger partial charge is 0.240 e. The zero-order chi connectivity index (χ0) is 14.2. The van der Waals surface area contributed by atoms with Gasteiger partial charge in [-0.05, 0) is 31.2 Å². The predicted octanol–water partition coefficient (Wildman–Crippen LogP) is 1.71. The van der Waals surface area contributed by atoms with Crippen LogP contribution in [0.1, 0.15) is 6.92 Å². The molecule has 0 aliphatic carbocycles. The molecule has 2 rings (SSSR count). The largest absolute Gasteiger partial charge is 0.304 e. The molecule has 0 spiro atoms. The molecule has 0 saturated carbocycles. The van der Waals surface area contributed by atoms with E-state index < -0.39 is 15.8 Å². The maximum atomic E-state index is 13.1. The normalized spacial score (nSPS) is 24.8. The molecule has 0 radical (unpaired) electrons. The van der Waals surface area contributed by atoms with Crippen molar-refractivity contribution in [1.82, 2.24) is 9.62 Å². The van der Waals surface area contributed by atoms with E-state index in [1.807, 2.05) is 14.0 Å². The molecule has 1 aromatic carbocycles. The number of nitrogens with one attached hydrogen (secondary N) is 1. The van der Waals surface area contributed by atoms with E-state index in [4.69, 9.17) is 11.6 Å². The molecule has 1 heterocycles. The molecule has 0 amide bonds. The number of halogens is 2. The third-order valence-electron chi connectivity index (χ3n) is 3.30. The highest BCUT2D eigenvalue weighted by molar-refractivity contribution is 7.89. The highest BCUT2D eigenvalue weighted by atomic mass is 35.5. The second kappa shape index (κ2) is 5.36. The summed E-state index contributed by atoms with van der Waals surface area (Å²) in [7, 11) is -1.72. The molecule has 1 aliphatic rings. The Morgan fingerprint density at radius 1 is 1.42 bits per heavy atom. The molecule has 4 nitrogen and oxygen atoms in total. The lowest BCUT2D eigenvalue weighted by molar-refractivity contribution is 0.400. The van der Waals surface area contributed by atoms with E-state index in [9.17, 15) is 12.8 Å². The van der Waals surface area contributed by atoms with Crippen LogP contribution in [0, 0.1) is 11.7 Å². The van der Waals surface area contributed by atoms with E-state index in [-0.39, 0.29) is 21.9 Å². The van der Waals surface area contributed by atoms with Crippen molar-refractivity contribution in [2.75, 3.05) is 20.1 Å². The summed E-state index contributed by atoms with van der Waals surface area (Å²) in [5, 5.41) is -0.195. The maximum Gasteiger partial charge on any atom is 0.240 e. The van der Waals surface area contributed by atoms with Crippen molar-refractivity contribution in [2.24, 2.45) is 5.92 Å². The fourth-order valence-electron chi connectivity index (χ4n) is 2.27. The summed E-state index contributed by atoms with van der Waals surface area (Å²) in [5.41, 5.74) is 0. The van der Waals surface area contributed by atoms with Gasteiger partial charge in [0.05, 0.1) is 9.92 Å². The highest BCUT2D eigenvalue weighted by Gasteiger charge is 2.31. The molecule has 1 aliphatic heterocycles. The predicted molar refractivity (Wildman–Crippen MR) is 72.2 cm³/mol. The Bertz CT molecular complexity index is 579. The molecule has 1 N–H and O–H groups in total. The molecule has 1 saturated heterocycles. The van der Waals surface area contributed by atoms with E-state index in [2.05, 4.69) is 9.62 Å². The van der Waals surface area contributed by atoms with Gasteiger partial charge in [-0.25, -0.2) is 17.5 Å². The van der Waals surface area contributed by atoms with Crippen molar-refractivity contribution >= 4 is 21.6 Å². The number of likely N-dealkylation sites (N-methyl/N-ethyl adjacent to an activating group) is 1. The number of nitrogens with zero attached hydrogens (tertiary/aromatic N) is 1. The fraction of sp³-hybridized carbons (Fsp3) is 0.500. The molecule has 0 unspecified atom stereocenters. The van der Waals surface area contributed by atoms with Gasteiger partial charge < -0.3 is 4.90 Å². The molecule has 2 atom stereocenters. The Morgan fingerprint density at radius 2 is 2.11 bits per heavy atom. The lowest BCUT2D eigenvalue weighted by atomic mass is 10.1. The van der Waals surface area contributed by atoms with Gasteiger partial charge in [0.25, 0.3) is 0 Å². The summed E-state index contributed by atoms with van der Waals surface area (Å²) in [6, 6.07) is 3.26. The SMILES string of the molecule is C[C@@H]1CN(C)C[C@@H]1NS(=O)(=O)c1ccc(F)c(Cl)c1. The average Bonchev–Trinajstić information content (AvgIpc) is 2.60. The van der Waals surface area contributed by atoms with Crippen molar-refractivity contribution in [3.05, 3.63) is 29.0 Å². The minimum absolute atomic E-state index is 0.0133. The van der Waals surface area contributed by atoms with Crippen LogP contribution in [0.25, 0.3) is 0 Å². The van der Waals surface area contributed by atoms with Crippen LogP contribution in [0.5, 0.6) is 0 Å². The zero-order valence-electron chi connectivity index (χ0n) is 10.7. The summed E-state index contributed by atoms with van der Waals surface area (Å²) in [4.78, 5) is 2.05. The second-order valence-corrected chi connectivity index (χ2v) is 7.12. The summed E-state index contributed by atoms with van der Waals surface area (Å²) in [5.74, 6) is -0.398. The molecule has 0 aromatic heterocycles. The third-order valence-corrected chi connectivity index (χ3v) is 5.08. The van der Waals surface area contributed by atoms with Gasteiger partial charge in [-0.1, -0.05) is 18.5 Å². The number of hydrogen-bond donors (Lipinski definition) is 1. The number of sulfonamides is 1. The molecule has 19 heavy (non-hydrogen) atoms. The van der Waals surface area contributed by atoms with E-state index >= 15 is 0 Å². The van der Waals surface area contributed by atoms with Crippen LogP contribution in [0.15, 0.2) is 23.1 Å². The second-order valence-electron chi connectivity index (χ2n) is 5.00. The van der Waals surface area contributed by atoms with Crippen molar-refractivity contribution < 1.29 is 12.8 Å². The van der Waals surface area contributed by atoms with Crippen molar-refractivity contribution in [1.29, 1.82) is 0 Å². The topological polar surface area (TPSA) is 49.4 Å². The molecule has 106 valence electrons. The van der Waals surface area contributed by atoms with Gasteiger partial charge in [0.15, 0.2) is 0 Å². The quantitative estimate of drug-likeness (QED) is 0.925. The first-order valence-electron chi connectivity index (χ1n) is 5.95. The Hall–Kier alpha value is -0.690. The van der Waals surface area contributed by atoms with Crippen LogP contribution >= 0.6 is 11.6 Å². The Kier molecular flexibility index (Phi) is 4.15. The van der Waals surface area contributed by atoms with Gasteiger partial charge in [0.2, 0.25) is 10.0 Å². The van der Waals surface area contributed by atoms with E-state index in [1.165, 1.54) is 6.07 Å². The van der Waals surface area contributed by atoms with Crippen LogP contribution in [-0.4, -0.2) is 39.5 Å². The summed E-state index contributed by atoms with van der Waals surface area (Å²) in [6.45, 7) is 3.50. The average molecular weight is 307 g/mol. The summed E-state index contributed by atoms with van der Waals surface area (Å²) >= 11 is 5.61. The van der Waals surface area contributed by atoms with Gasteiger partial charge in [-0.3, -0.25) is 0 Å². The lowest BCUT2D eigenvalue weighted by Gasteiger charge is -2.16. The number of rotatable bonds is 3. The standard InChI is InChI=1S/C12H16ClFN2O2S/c1-8-6-16(2)7-12(8)15-19(17,18)9-3-4-11(14)10(13)5-9/h3-5,8,12,15H,6-7H2,1-2H3/t8-,12+/m1/s1. The molecule has 7 heteroatoms. The molecule has 1 fully saturated rings. The first-order valence-corrected chi connectivity index (χ1v) is 7.81. The zero-order valence-corrected chi connectivity index (χ0v) is 12.3. The van der Waals surface area contributed by atoms with Crippen LogP contribution in [-0.2, 0) is 10.0 Å². The Morgan fingerprint density at radius 3 is 2.63 bits per heavy atom. The van der Waals surface area contributed by atoms with Gasteiger partial charge >= 0.3 is 0 Å². The van der Waals surface area contributed by atoms with Gasteiger partial charge in [-0.15, -0.1) is 0 Å². The number of likely N-dealkylation sites (tertiary alicyclic amines) is 1. The third kappa shape index (κ3) is 3.25.